The average molecular weight is 275 g/mol. The molecule has 0 bridgehead atoms. The summed E-state index contributed by atoms with van der Waals surface area (Å²) < 4.78 is 0. The minimum atomic E-state index is -0.367. The Bertz CT molecular complexity index is 596. The highest BCUT2D eigenvalue weighted by atomic mass is 32.2. The van der Waals surface area contributed by atoms with Gasteiger partial charge in [-0.2, -0.15) is 0 Å². The molecule has 98 valence electrons. The molecular weight excluding hydrogens is 262 g/mol. The van der Waals surface area contributed by atoms with Crippen molar-refractivity contribution in [3.8, 4) is 0 Å². The fraction of sp³-hybridized carbons (Fsp3) is 0.143. The van der Waals surface area contributed by atoms with Crippen LogP contribution in [0.15, 0.2) is 52.3 Å². The van der Waals surface area contributed by atoms with Crippen LogP contribution in [0.1, 0.15) is 11.1 Å². The number of rotatable bonds is 4. The monoisotopic (exact) mass is 275 g/mol. The molecular formula is C14H13NO3S. The van der Waals surface area contributed by atoms with Crippen molar-refractivity contribution in [2.75, 3.05) is 0 Å². The molecule has 0 aliphatic carbocycles. The van der Waals surface area contributed by atoms with E-state index in [-0.39, 0.29) is 17.2 Å². The lowest BCUT2D eigenvalue weighted by Gasteiger charge is -2.04. The van der Waals surface area contributed by atoms with Crippen molar-refractivity contribution in [1.82, 2.24) is 0 Å². The Hall–Kier alpha value is -1.85. The van der Waals surface area contributed by atoms with Gasteiger partial charge in [-0.15, -0.1) is 0 Å². The van der Waals surface area contributed by atoms with Gasteiger partial charge in [0.05, 0.1) is 11.5 Å². The van der Waals surface area contributed by atoms with E-state index in [0.717, 1.165) is 15.4 Å². The first-order valence-electron chi connectivity index (χ1n) is 5.73. The Labute approximate surface area is 115 Å². The van der Waals surface area contributed by atoms with E-state index in [1.165, 1.54) is 11.8 Å². The Morgan fingerprint density at radius 1 is 1.16 bits per heavy atom. The zero-order valence-electron chi connectivity index (χ0n) is 10.4. The molecule has 0 amide bonds. The normalized spacial score (nSPS) is 10.4. The molecule has 0 unspecified atom stereocenters. The van der Waals surface area contributed by atoms with E-state index in [4.69, 9.17) is 5.11 Å². The van der Waals surface area contributed by atoms with Crippen LogP contribution in [0.4, 0.5) is 5.69 Å². The number of aliphatic hydroxyl groups is 1. The molecule has 0 aliphatic heterocycles. The van der Waals surface area contributed by atoms with Crippen LogP contribution in [-0.2, 0) is 6.61 Å². The van der Waals surface area contributed by atoms with Crippen LogP contribution in [0, 0.1) is 17.0 Å². The fourth-order valence-corrected chi connectivity index (χ4v) is 2.50. The summed E-state index contributed by atoms with van der Waals surface area (Å²) in [7, 11) is 0. The second-order valence-corrected chi connectivity index (χ2v) is 5.26. The second-order valence-electron chi connectivity index (χ2n) is 4.11. The van der Waals surface area contributed by atoms with Crippen LogP contribution in [-0.4, -0.2) is 10.0 Å². The molecule has 0 saturated heterocycles. The third-order valence-corrected chi connectivity index (χ3v) is 3.72. The van der Waals surface area contributed by atoms with Gasteiger partial charge in [-0.25, -0.2) is 0 Å². The van der Waals surface area contributed by atoms with Crippen LogP contribution in [0.5, 0.6) is 0 Å². The lowest BCUT2D eigenvalue weighted by molar-refractivity contribution is -0.385. The first-order valence-corrected chi connectivity index (χ1v) is 6.54. The summed E-state index contributed by atoms with van der Waals surface area (Å²) in [5.74, 6) is 0. The van der Waals surface area contributed by atoms with Gasteiger partial charge in [0.2, 0.25) is 0 Å². The Balaban J connectivity index is 2.22. The smallest absolute Gasteiger partial charge is 0.273 e. The second kappa shape index (κ2) is 5.86. The summed E-state index contributed by atoms with van der Waals surface area (Å²) in [5, 5.41) is 19.8. The summed E-state index contributed by atoms with van der Waals surface area (Å²) in [6, 6.07) is 12.7. The van der Waals surface area contributed by atoms with Gasteiger partial charge in [-0.05, 0) is 30.7 Å². The first-order chi connectivity index (χ1) is 9.10. The van der Waals surface area contributed by atoms with Crippen molar-refractivity contribution in [2.45, 2.75) is 23.3 Å². The van der Waals surface area contributed by atoms with Crippen molar-refractivity contribution in [3.05, 3.63) is 63.7 Å². The predicted molar refractivity (Wildman–Crippen MR) is 74.3 cm³/mol. The average Bonchev–Trinajstić information content (AvgIpc) is 2.41. The molecule has 0 aromatic heterocycles. The minimum absolute atomic E-state index is 0.0148. The number of nitro benzene ring substituents is 1. The molecule has 2 aromatic carbocycles. The molecule has 0 aliphatic rings. The van der Waals surface area contributed by atoms with Gasteiger partial charge in [-0.3, -0.25) is 10.1 Å². The maximum absolute atomic E-state index is 10.9. The molecule has 2 aromatic rings. The van der Waals surface area contributed by atoms with Crippen LogP contribution in [0.25, 0.3) is 0 Å². The standard InChI is InChI=1S/C14H13NO3S/c1-10-2-5-13(8-14(10)15(17)18)19-12-6-3-11(9-16)4-7-12/h2-8,16H,9H2,1H3. The summed E-state index contributed by atoms with van der Waals surface area (Å²) in [5.41, 5.74) is 1.64. The van der Waals surface area contributed by atoms with Gasteiger partial charge in [0, 0.05) is 21.4 Å². The summed E-state index contributed by atoms with van der Waals surface area (Å²) >= 11 is 1.46. The number of nitro groups is 1. The highest BCUT2D eigenvalue weighted by Crippen LogP contribution is 2.31. The van der Waals surface area contributed by atoms with Crippen molar-refractivity contribution in [1.29, 1.82) is 0 Å². The topological polar surface area (TPSA) is 63.4 Å². The predicted octanol–water partition coefficient (Wildman–Crippen LogP) is 3.55. The van der Waals surface area contributed by atoms with Gasteiger partial charge < -0.3 is 5.11 Å². The lowest BCUT2D eigenvalue weighted by atomic mass is 10.2. The first kappa shape index (κ1) is 13.6. The number of hydrogen-bond donors (Lipinski definition) is 1. The number of nitrogens with zero attached hydrogens (tertiary/aromatic N) is 1. The minimum Gasteiger partial charge on any atom is -0.392 e. The Morgan fingerprint density at radius 3 is 2.37 bits per heavy atom. The van der Waals surface area contributed by atoms with E-state index in [0.29, 0.717) is 5.56 Å². The molecule has 1 N–H and O–H groups in total. The van der Waals surface area contributed by atoms with E-state index < -0.39 is 0 Å². The van der Waals surface area contributed by atoms with Gasteiger partial charge >= 0.3 is 0 Å². The number of benzene rings is 2. The van der Waals surface area contributed by atoms with Crippen LogP contribution < -0.4 is 0 Å². The summed E-state index contributed by atoms with van der Waals surface area (Å²) in [6.45, 7) is 1.74. The lowest BCUT2D eigenvalue weighted by Crippen LogP contribution is -1.91. The summed E-state index contributed by atoms with van der Waals surface area (Å²) in [6.07, 6.45) is 0. The largest absolute Gasteiger partial charge is 0.392 e. The molecule has 19 heavy (non-hydrogen) atoms. The van der Waals surface area contributed by atoms with E-state index in [1.807, 2.05) is 30.3 Å². The molecule has 4 nitrogen and oxygen atoms in total. The van der Waals surface area contributed by atoms with Crippen LogP contribution >= 0.6 is 11.8 Å². The highest BCUT2D eigenvalue weighted by molar-refractivity contribution is 7.99. The van der Waals surface area contributed by atoms with E-state index >= 15 is 0 Å². The quantitative estimate of drug-likeness (QED) is 0.684. The third-order valence-electron chi connectivity index (χ3n) is 2.72. The van der Waals surface area contributed by atoms with E-state index in [9.17, 15) is 10.1 Å². The molecule has 0 fully saturated rings. The highest BCUT2D eigenvalue weighted by Gasteiger charge is 2.11. The SMILES string of the molecule is Cc1ccc(Sc2ccc(CO)cc2)cc1[N+](=O)[O-]. The van der Waals surface area contributed by atoms with Gasteiger partial charge in [0.15, 0.2) is 0 Å². The Kier molecular flexibility index (Phi) is 4.19. The van der Waals surface area contributed by atoms with Crippen molar-refractivity contribution in [2.24, 2.45) is 0 Å². The molecule has 5 heteroatoms. The number of aliphatic hydroxyl groups excluding tert-OH is 1. The molecule has 0 saturated carbocycles. The van der Waals surface area contributed by atoms with Crippen molar-refractivity contribution < 1.29 is 10.0 Å². The molecule has 0 heterocycles. The van der Waals surface area contributed by atoms with Crippen molar-refractivity contribution >= 4 is 17.4 Å². The molecule has 0 radical (unpaired) electrons. The summed E-state index contributed by atoms with van der Waals surface area (Å²) in [4.78, 5) is 12.3. The fourth-order valence-electron chi connectivity index (χ4n) is 1.65. The van der Waals surface area contributed by atoms with Crippen LogP contribution in [0.3, 0.4) is 0 Å². The van der Waals surface area contributed by atoms with Crippen molar-refractivity contribution in [3.63, 3.8) is 0 Å². The number of aryl methyl sites for hydroxylation is 1. The third kappa shape index (κ3) is 3.33. The van der Waals surface area contributed by atoms with Gasteiger partial charge in [-0.1, -0.05) is 30.0 Å². The van der Waals surface area contributed by atoms with E-state index in [2.05, 4.69) is 0 Å². The van der Waals surface area contributed by atoms with Crippen LogP contribution in [0.2, 0.25) is 0 Å². The zero-order chi connectivity index (χ0) is 13.8. The molecule has 2 rings (SSSR count). The van der Waals surface area contributed by atoms with Gasteiger partial charge in [0.1, 0.15) is 0 Å². The van der Waals surface area contributed by atoms with Gasteiger partial charge in [0.25, 0.3) is 5.69 Å². The zero-order valence-corrected chi connectivity index (χ0v) is 11.2. The number of hydrogen-bond acceptors (Lipinski definition) is 4. The maximum atomic E-state index is 10.9. The molecule has 0 atom stereocenters. The Morgan fingerprint density at radius 2 is 1.79 bits per heavy atom. The molecule has 0 spiro atoms. The van der Waals surface area contributed by atoms with E-state index in [1.54, 1.807) is 19.1 Å². The maximum Gasteiger partial charge on any atom is 0.273 e.